The number of methoxy groups -OCH3 is 2. The summed E-state index contributed by atoms with van der Waals surface area (Å²) in [4.78, 5) is 22.7. The van der Waals surface area contributed by atoms with Gasteiger partial charge in [0.1, 0.15) is 11.4 Å². The van der Waals surface area contributed by atoms with E-state index in [1.54, 1.807) is 0 Å². The maximum Gasteiger partial charge on any atom is 0.422 e. The van der Waals surface area contributed by atoms with Gasteiger partial charge in [0.15, 0.2) is 6.61 Å². The third kappa shape index (κ3) is 6.72. The van der Waals surface area contributed by atoms with Crippen LogP contribution in [-0.2, 0) is 19.1 Å². The van der Waals surface area contributed by atoms with E-state index in [1.165, 1.54) is 24.3 Å². The van der Waals surface area contributed by atoms with Crippen LogP contribution in [0.25, 0.3) is 0 Å². The molecule has 23 heavy (non-hydrogen) atoms. The van der Waals surface area contributed by atoms with E-state index in [0.717, 1.165) is 20.3 Å². The molecule has 0 amide bonds. The molecule has 1 aromatic carbocycles. The third-order valence-electron chi connectivity index (χ3n) is 2.40. The summed E-state index contributed by atoms with van der Waals surface area (Å²) in [6, 6.07) is 5.31. The number of carbonyl (C=O) groups excluding carboxylic acids is 2. The van der Waals surface area contributed by atoms with E-state index >= 15 is 0 Å². The van der Waals surface area contributed by atoms with Gasteiger partial charge in [0.05, 0.1) is 20.3 Å². The number of nitrogens with one attached hydrogen (secondary N) is 1. The maximum absolute atomic E-state index is 12.0. The van der Waals surface area contributed by atoms with E-state index in [9.17, 15) is 22.8 Å². The summed E-state index contributed by atoms with van der Waals surface area (Å²) in [5.74, 6) is -1.58. The highest BCUT2D eigenvalue weighted by Gasteiger charge is 2.28. The van der Waals surface area contributed by atoms with Crippen molar-refractivity contribution in [2.45, 2.75) is 6.18 Å². The van der Waals surface area contributed by atoms with Gasteiger partial charge in [0.2, 0.25) is 0 Å². The Kier molecular flexibility index (Phi) is 6.43. The van der Waals surface area contributed by atoms with Crippen molar-refractivity contribution < 1.29 is 37.0 Å². The number of ether oxygens (including phenoxy) is 3. The number of hydrogen-bond acceptors (Lipinski definition) is 6. The molecule has 0 aliphatic heterocycles. The largest absolute Gasteiger partial charge is 0.484 e. The molecule has 0 radical (unpaired) electrons. The first-order chi connectivity index (χ1) is 10.7. The van der Waals surface area contributed by atoms with Crippen LogP contribution >= 0.6 is 0 Å². The Balaban J connectivity index is 2.80. The summed E-state index contributed by atoms with van der Waals surface area (Å²) in [7, 11) is 2.27. The van der Waals surface area contributed by atoms with Gasteiger partial charge in [0, 0.05) is 5.69 Å². The number of halogens is 3. The van der Waals surface area contributed by atoms with Crippen LogP contribution in [0.5, 0.6) is 5.75 Å². The Morgan fingerprint density at radius 1 is 1.13 bits per heavy atom. The van der Waals surface area contributed by atoms with E-state index in [0.29, 0.717) is 5.69 Å². The molecule has 0 aromatic heterocycles. The van der Waals surface area contributed by atoms with Gasteiger partial charge in [-0.2, -0.15) is 13.2 Å². The zero-order chi connectivity index (χ0) is 17.5. The molecule has 1 rings (SSSR count). The SMILES string of the molecule is COC(=O)/C=C(/Nc1ccc(OCC(F)(F)F)cc1)C(=O)OC. The number of esters is 2. The van der Waals surface area contributed by atoms with Gasteiger partial charge in [-0.25, -0.2) is 9.59 Å². The van der Waals surface area contributed by atoms with Crippen LogP contribution in [0.2, 0.25) is 0 Å². The lowest BCUT2D eigenvalue weighted by Crippen LogP contribution is -2.19. The van der Waals surface area contributed by atoms with Gasteiger partial charge < -0.3 is 19.5 Å². The average Bonchev–Trinajstić information content (AvgIpc) is 2.51. The molecule has 0 saturated carbocycles. The molecule has 0 heterocycles. The Bertz CT molecular complexity index is 581. The van der Waals surface area contributed by atoms with Gasteiger partial charge in [-0.1, -0.05) is 0 Å². The molecular weight excluding hydrogens is 319 g/mol. The smallest absolute Gasteiger partial charge is 0.422 e. The van der Waals surface area contributed by atoms with Crippen LogP contribution in [0.1, 0.15) is 0 Å². The number of alkyl halides is 3. The van der Waals surface area contributed by atoms with Crippen molar-refractivity contribution in [2.24, 2.45) is 0 Å². The van der Waals surface area contributed by atoms with Gasteiger partial charge in [-0.05, 0) is 24.3 Å². The van der Waals surface area contributed by atoms with E-state index in [4.69, 9.17) is 0 Å². The van der Waals surface area contributed by atoms with Crippen LogP contribution in [0.3, 0.4) is 0 Å². The summed E-state index contributed by atoms with van der Waals surface area (Å²) < 4.78 is 49.6. The molecule has 0 fully saturated rings. The minimum atomic E-state index is -4.43. The van der Waals surface area contributed by atoms with E-state index in [2.05, 4.69) is 19.5 Å². The van der Waals surface area contributed by atoms with Crippen LogP contribution in [0, 0.1) is 0 Å². The van der Waals surface area contributed by atoms with Crippen molar-refractivity contribution in [1.29, 1.82) is 0 Å². The second-order valence-corrected chi connectivity index (χ2v) is 4.13. The van der Waals surface area contributed by atoms with Gasteiger partial charge in [0.25, 0.3) is 0 Å². The van der Waals surface area contributed by atoms with E-state index in [1.807, 2.05) is 0 Å². The highest BCUT2D eigenvalue weighted by molar-refractivity contribution is 5.98. The second kappa shape index (κ2) is 8.06. The molecule has 0 bridgehead atoms. The first-order valence-corrected chi connectivity index (χ1v) is 6.20. The molecule has 126 valence electrons. The quantitative estimate of drug-likeness (QED) is 0.636. The lowest BCUT2D eigenvalue weighted by atomic mass is 10.2. The molecule has 0 atom stereocenters. The highest BCUT2D eigenvalue weighted by atomic mass is 19.4. The zero-order valence-electron chi connectivity index (χ0n) is 12.3. The summed E-state index contributed by atoms with van der Waals surface area (Å²) >= 11 is 0. The molecular formula is C14H14F3NO5. The fourth-order valence-electron chi connectivity index (χ4n) is 1.39. The lowest BCUT2D eigenvalue weighted by Gasteiger charge is -2.11. The molecule has 1 N–H and O–H groups in total. The summed E-state index contributed by atoms with van der Waals surface area (Å²) in [5, 5.41) is 2.60. The Hall–Kier alpha value is -2.71. The number of anilines is 1. The summed E-state index contributed by atoms with van der Waals surface area (Å²) in [6.45, 7) is -1.41. The van der Waals surface area contributed by atoms with Gasteiger partial charge >= 0.3 is 18.1 Å². The number of hydrogen-bond donors (Lipinski definition) is 1. The predicted molar refractivity (Wildman–Crippen MR) is 73.7 cm³/mol. The third-order valence-corrected chi connectivity index (χ3v) is 2.40. The lowest BCUT2D eigenvalue weighted by molar-refractivity contribution is -0.153. The zero-order valence-corrected chi connectivity index (χ0v) is 12.3. The topological polar surface area (TPSA) is 73.9 Å². The Labute approximate surface area is 129 Å². The Morgan fingerprint density at radius 2 is 1.74 bits per heavy atom. The molecule has 6 nitrogen and oxygen atoms in total. The standard InChI is InChI=1S/C14H14F3NO5/c1-21-12(19)7-11(13(20)22-2)18-9-3-5-10(6-4-9)23-8-14(15,16)17/h3-7,18H,8H2,1-2H3/b11-7+. The monoisotopic (exact) mass is 333 g/mol. The fourth-order valence-corrected chi connectivity index (χ4v) is 1.39. The van der Waals surface area contributed by atoms with Crippen molar-refractivity contribution in [2.75, 3.05) is 26.1 Å². The van der Waals surface area contributed by atoms with Crippen molar-refractivity contribution >= 4 is 17.6 Å². The van der Waals surface area contributed by atoms with Gasteiger partial charge in [-0.15, -0.1) is 0 Å². The molecule has 0 aliphatic rings. The van der Waals surface area contributed by atoms with Crippen LogP contribution in [0.4, 0.5) is 18.9 Å². The van der Waals surface area contributed by atoms with Crippen molar-refractivity contribution in [1.82, 2.24) is 0 Å². The van der Waals surface area contributed by atoms with Crippen LogP contribution in [0.15, 0.2) is 36.0 Å². The fraction of sp³-hybridized carbons (Fsp3) is 0.286. The Morgan fingerprint density at radius 3 is 2.22 bits per heavy atom. The van der Waals surface area contributed by atoms with E-state index < -0.39 is 24.7 Å². The minimum Gasteiger partial charge on any atom is -0.484 e. The van der Waals surface area contributed by atoms with Gasteiger partial charge in [-0.3, -0.25) is 0 Å². The predicted octanol–water partition coefficient (Wildman–Crippen LogP) is 2.27. The summed E-state index contributed by atoms with van der Waals surface area (Å²) in [5.41, 5.74) is 0.147. The molecule has 0 saturated heterocycles. The van der Waals surface area contributed by atoms with E-state index in [-0.39, 0.29) is 11.4 Å². The molecule has 9 heteroatoms. The maximum atomic E-state index is 12.0. The highest BCUT2D eigenvalue weighted by Crippen LogP contribution is 2.21. The first-order valence-electron chi connectivity index (χ1n) is 6.20. The normalized spacial score (nSPS) is 11.6. The average molecular weight is 333 g/mol. The second-order valence-electron chi connectivity index (χ2n) is 4.13. The van der Waals surface area contributed by atoms with Crippen molar-refractivity contribution in [3.8, 4) is 5.75 Å². The molecule has 0 unspecified atom stereocenters. The van der Waals surface area contributed by atoms with Crippen LogP contribution < -0.4 is 10.1 Å². The van der Waals surface area contributed by atoms with Crippen LogP contribution in [-0.4, -0.2) is 38.9 Å². The first kappa shape index (κ1) is 18.3. The number of benzene rings is 1. The van der Waals surface area contributed by atoms with Crippen molar-refractivity contribution in [3.63, 3.8) is 0 Å². The molecule has 0 aliphatic carbocycles. The van der Waals surface area contributed by atoms with Crippen molar-refractivity contribution in [3.05, 3.63) is 36.0 Å². The molecule has 1 aromatic rings. The molecule has 0 spiro atoms. The summed E-state index contributed by atoms with van der Waals surface area (Å²) in [6.07, 6.45) is -3.54. The number of carbonyl (C=O) groups is 2. The number of rotatable bonds is 6. The minimum absolute atomic E-state index is 0.00411.